The molecule has 0 aliphatic rings. The van der Waals surface area contributed by atoms with E-state index in [0.717, 1.165) is 22.1 Å². The van der Waals surface area contributed by atoms with Crippen LogP contribution in [0.1, 0.15) is 0 Å². The van der Waals surface area contributed by atoms with Gasteiger partial charge in [0, 0.05) is 54.2 Å². The predicted octanol–water partition coefficient (Wildman–Crippen LogP) is 3.39. The molecule has 0 spiro atoms. The third-order valence-corrected chi connectivity index (χ3v) is 4.26. The van der Waals surface area contributed by atoms with Gasteiger partial charge in [-0.1, -0.05) is 0 Å². The van der Waals surface area contributed by atoms with Gasteiger partial charge in [0.05, 0.1) is 15.8 Å². The number of hydrogen-bond donors (Lipinski definition) is 0. The van der Waals surface area contributed by atoms with Crippen LogP contribution < -0.4 is 5.43 Å². The zero-order valence-electron chi connectivity index (χ0n) is 12.8. The Morgan fingerprint density at radius 2 is 1.62 bits per heavy atom. The minimum absolute atomic E-state index is 0.0366. The summed E-state index contributed by atoms with van der Waals surface area (Å²) in [6.07, 6.45) is 3.62. The molecule has 6 heteroatoms. The summed E-state index contributed by atoms with van der Waals surface area (Å²) in [4.78, 5) is 22.8. The van der Waals surface area contributed by atoms with Gasteiger partial charge in [-0.25, -0.2) is 0 Å². The van der Waals surface area contributed by atoms with E-state index in [1.807, 2.05) is 40.6 Å². The molecule has 4 rings (SSSR count). The molecule has 0 unspecified atom stereocenters. The maximum Gasteiger partial charge on any atom is 0.269 e. The molecule has 2 aromatic carbocycles. The molecule has 0 saturated carbocycles. The van der Waals surface area contributed by atoms with E-state index in [1.165, 1.54) is 18.2 Å². The van der Waals surface area contributed by atoms with Gasteiger partial charge in [-0.2, -0.15) is 0 Å². The van der Waals surface area contributed by atoms with Crippen LogP contribution in [0.4, 0.5) is 5.69 Å². The summed E-state index contributed by atoms with van der Waals surface area (Å²) in [7, 11) is 1.94. The fourth-order valence-corrected chi connectivity index (χ4v) is 3.07. The van der Waals surface area contributed by atoms with Crippen molar-refractivity contribution in [2.24, 2.45) is 7.05 Å². The van der Waals surface area contributed by atoms with Crippen LogP contribution in [0.2, 0.25) is 0 Å². The molecule has 0 aliphatic carbocycles. The zero-order valence-corrected chi connectivity index (χ0v) is 12.8. The number of nitrogens with zero attached hydrogens (tertiary/aromatic N) is 3. The number of pyridine rings is 1. The van der Waals surface area contributed by atoms with Crippen LogP contribution >= 0.6 is 0 Å². The van der Waals surface area contributed by atoms with E-state index in [4.69, 9.17) is 0 Å². The second-order valence-electron chi connectivity index (χ2n) is 5.64. The van der Waals surface area contributed by atoms with Gasteiger partial charge in [0.2, 0.25) is 0 Å². The first kappa shape index (κ1) is 14.2. The van der Waals surface area contributed by atoms with Crippen molar-refractivity contribution in [2.45, 2.75) is 0 Å². The summed E-state index contributed by atoms with van der Waals surface area (Å²) in [5.74, 6) is 0. The monoisotopic (exact) mass is 319 g/mol. The maximum atomic E-state index is 12.4. The van der Waals surface area contributed by atoms with E-state index >= 15 is 0 Å². The van der Waals surface area contributed by atoms with Crippen LogP contribution in [-0.4, -0.2) is 14.1 Å². The topological polar surface area (TPSA) is 70.1 Å². The first-order chi connectivity index (χ1) is 11.6. The van der Waals surface area contributed by atoms with Gasteiger partial charge in [-0.3, -0.25) is 14.9 Å². The van der Waals surface area contributed by atoms with Crippen LogP contribution in [0.3, 0.4) is 0 Å². The summed E-state index contributed by atoms with van der Waals surface area (Å²) in [5.41, 5.74) is 2.52. The zero-order chi connectivity index (χ0) is 16.8. The molecule has 6 nitrogen and oxygen atoms in total. The van der Waals surface area contributed by atoms with Gasteiger partial charge in [-0.05, 0) is 30.3 Å². The van der Waals surface area contributed by atoms with Crippen molar-refractivity contribution in [3.8, 4) is 5.69 Å². The van der Waals surface area contributed by atoms with Crippen molar-refractivity contribution in [1.82, 2.24) is 9.13 Å². The Balaban J connectivity index is 2.03. The van der Waals surface area contributed by atoms with E-state index in [-0.39, 0.29) is 11.1 Å². The minimum Gasteiger partial charge on any atom is -0.351 e. The average Bonchev–Trinajstić information content (AvgIpc) is 2.96. The molecule has 2 aromatic heterocycles. The summed E-state index contributed by atoms with van der Waals surface area (Å²) in [6.45, 7) is 0. The normalized spacial score (nSPS) is 11.2. The molecule has 2 heterocycles. The average molecular weight is 319 g/mol. The molecular weight excluding hydrogens is 306 g/mol. The molecule has 0 amide bonds. The quantitative estimate of drug-likeness (QED) is 0.420. The fourth-order valence-electron chi connectivity index (χ4n) is 3.07. The first-order valence-corrected chi connectivity index (χ1v) is 7.40. The van der Waals surface area contributed by atoms with Gasteiger partial charge in [0.25, 0.3) is 5.69 Å². The van der Waals surface area contributed by atoms with Gasteiger partial charge in [-0.15, -0.1) is 0 Å². The summed E-state index contributed by atoms with van der Waals surface area (Å²) in [6, 6.07) is 13.6. The van der Waals surface area contributed by atoms with Crippen molar-refractivity contribution in [2.75, 3.05) is 0 Å². The van der Waals surface area contributed by atoms with Crippen LogP contribution in [0.15, 0.2) is 65.7 Å². The van der Waals surface area contributed by atoms with Crippen molar-refractivity contribution < 1.29 is 4.92 Å². The predicted molar refractivity (Wildman–Crippen MR) is 92.7 cm³/mol. The SMILES string of the molecule is Cn1ccc2c3c(=O)ccn(-c4ccc([N+](=O)[O-])cc4)c3ccc21. The third-order valence-electron chi connectivity index (χ3n) is 4.26. The number of aromatic nitrogens is 2. The fraction of sp³-hybridized carbons (Fsp3) is 0.0556. The molecule has 0 fully saturated rings. The molecule has 0 bridgehead atoms. The Kier molecular flexibility index (Phi) is 2.99. The molecule has 4 aromatic rings. The van der Waals surface area contributed by atoms with Crippen LogP contribution in [-0.2, 0) is 7.05 Å². The van der Waals surface area contributed by atoms with E-state index < -0.39 is 4.92 Å². The highest BCUT2D eigenvalue weighted by Crippen LogP contribution is 2.25. The Morgan fingerprint density at radius 3 is 2.33 bits per heavy atom. The highest BCUT2D eigenvalue weighted by Gasteiger charge is 2.11. The Bertz CT molecular complexity index is 1150. The number of rotatable bonds is 2. The van der Waals surface area contributed by atoms with E-state index in [0.29, 0.717) is 5.39 Å². The van der Waals surface area contributed by atoms with Gasteiger partial charge in [0.1, 0.15) is 0 Å². The van der Waals surface area contributed by atoms with Gasteiger partial charge < -0.3 is 9.13 Å². The number of non-ortho nitro benzene ring substituents is 1. The number of nitro benzene ring substituents is 1. The highest BCUT2D eigenvalue weighted by atomic mass is 16.6. The summed E-state index contributed by atoms with van der Waals surface area (Å²) >= 11 is 0. The number of nitro groups is 1. The van der Waals surface area contributed by atoms with Crippen molar-refractivity contribution in [3.05, 3.63) is 81.3 Å². The molecule has 0 aliphatic heterocycles. The highest BCUT2D eigenvalue weighted by molar-refractivity contribution is 6.05. The van der Waals surface area contributed by atoms with Gasteiger partial charge >= 0.3 is 0 Å². The lowest BCUT2D eigenvalue weighted by molar-refractivity contribution is -0.384. The second kappa shape index (κ2) is 5.06. The first-order valence-electron chi connectivity index (χ1n) is 7.40. The van der Waals surface area contributed by atoms with Crippen LogP contribution in [0.25, 0.3) is 27.5 Å². The van der Waals surface area contributed by atoms with Crippen LogP contribution in [0, 0.1) is 10.1 Å². The maximum absolute atomic E-state index is 12.4. The summed E-state index contributed by atoms with van der Waals surface area (Å²) < 4.78 is 3.84. The molecule has 0 saturated heterocycles. The standard InChI is InChI=1S/C18H13N3O3/c1-19-10-8-14-15(19)6-7-16-18(14)17(22)9-11-20(16)12-2-4-13(5-3-12)21(23)24/h2-11H,1H3. The van der Waals surface area contributed by atoms with Gasteiger partial charge in [0.15, 0.2) is 5.43 Å². The second-order valence-corrected chi connectivity index (χ2v) is 5.64. The number of hydrogen-bond acceptors (Lipinski definition) is 3. The number of aryl methyl sites for hydroxylation is 1. The third kappa shape index (κ3) is 2.00. The lowest BCUT2D eigenvalue weighted by Crippen LogP contribution is -2.07. The van der Waals surface area contributed by atoms with Crippen LogP contribution in [0.5, 0.6) is 0 Å². The van der Waals surface area contributed by atoms with E-state index in [9.17, 15) is 14.9 Å². The molecule has 0 atom stereocenters. The van der Waals surface area contributed by atoms with E-state index in [1.54, 1.807) is 18.3 Å². The van der Waals surface area contributed by atoms with Crippen molar-refractivity contribution in [1.29, 1.82) is 0 Å². The molecule has 0 radical (unpaired) electrons. The number of benzene rings is 2. The lowest BCUT2D eigenvalue weighted by atomic mass is 10.1. The largest absolute Gasteiger partial charge is 0.351 e. The Hall–Kier alpha value is -3.41. The van der Waals surface area contributed by atoms with Crippen molar-refractivity contribution >= 4 is 27.5 Å². The molecule has 0 N–H and O–H groups in total. The Labute approximate surface area is 136 Å². The smallest absolute Gasteiger partial charge is 0.269 e. The van der Waals surface area contributed by atoms with Crippen molar-refractivity contribution in [3.63, 3.8) is 0 Å². The number of fused-ring (bicyclic) bond motifs is 3. The molecule has 118 valence electrons. The molecular formula is C18H13N3O3. The summed E-state index contributed by atoms with van der Waals surface area (Å²) in [5, 5.41) is 12.4. The Morgan fingerprint density at radius 1 is 0.917 bits per heavy atom. The molecule has 24 heavy (non-hydrogen) atoms. The van der Waals surface area contributed by atoms with E-state index in [2.05, 4.69) is 0 Å². The minimum atomic E-state index is -0.430. The lowest BCUT2D eigenvalue weighted by Gasteiger charge is -2.11.